The lowest BCUT2D eigenvalue weighted by Gasteiger charge is -2.37. The molecule has 1 aliphatic heterocycles. The Morgan fingerprint density at radius 1 is 1.04 bits per heavy atom. The lowest BCUT2D eigenvalue weighted by Crippen LogP contribution is -2.50. The molecule has 1 saturated heterocycles. The molecule has 0 aromatic heterocycles. The van der Waals surface area contributed by atoms with Crippen LogP contribution in [0.5, 0.6) is 0 Å². The first kappa shape index (κ1) is 19.9. The highest BCUT2D eigenvalue weighted by Crippen LogP contribution is 2.23. The van der Waals surface area contributed by atoms with Gasteiger partial charge in [-0.3, -0.25) is 9.69 Å². The van der Waals surface area contributed by atoms with Crippen molar-refractivity contribution in [1.82, 2.24) is 15.1 Å². The molecule has 4 nitrogen and oxygen atoms in total. The van der Waals surface area contributed by atoms with Gasteiger partial charge in [0, 0.05) is 32.2 Å². The molecule has 1 aromatic rings. The summed E-state index contributed by atoms with van der Waals surface area (Å²) in [6, 6.07) is 10.3. The Morgan fingerprint density at radius 2 is 1.68 bits per heavy atom. The van der Waals surface area contributed by atoms with Crippen molar-refractivity contribution < 1.29 is 4.79 Å². The smallest absolute Gasteiger partial charge is 0.242 e. The predicted octanol–water partition coefficient (Wildman–Crippen LogP) is 3.31. The number of hydrogen-bond donors (Lipinski definition) is 1. The highest BCUT2D eigenvalue weighted by Gasteiger charge is 2.30. The maximum Gasteiger partial charge on any atom is 0.242 e. The van der Waals surface area contributed by atoms with Crippen molar-refractivity contribution in [2.45, 2.75) is 52.1 Å². The molecular formula is C21H35N3O. The number of piperazine rings is 1. The Morgan fingerprint density at radius 3 is 2.28 bits per heavy atom. The van der Waals surface area contributed by atoms with Gasteiger partial charge in [-0.05, 0) is 31.9 Å². The standard InChI is InChI=1S/C21H35N3O/c1-17(2)9-8-10-18(3)22-21(25)20(19-11-6-5-7-12-19)24-15-13-23(4)14-16-24/h5-7,11-12,17-18,20H,8-10,13-16H2,1-4H3,(H,22,25). The van der Waals surface area contributed by atoms with Crippen LogP contribution in [-0.4, -0.2) is 55.0 Å². The maximum absolute atomic E-state index is 13.1. The van der Waals surface area contributed by atoms with Crippen LogP contribution in [0.25, 0.3) is 0 Å². The molecule has 0 radical (unpaired) electrons. The monoisotopic (exact) mass is 345 g/mol. The third-order valence-corrected chi connectivity index (χ3v) is 5.07. The predicted molar refractivity (Wildman–Crippen MR) is 105 cm³/mol. The SMILES string of the molecule is CC(C)CCCC(C)NC(=O)C(c1ccccc1)N1CCN(C)CC1. The van der Waals surface area contributed by atoms with Crippen LogP contribution in [0.15, 0.2) is 30.3 Å². The van der Waals surface area contributed by atoms with Crippen molar-refractivity contribution in [1.29, 1.82) is 0 Å². The highest BCUT2D eigenvalue weighted by molar-refractivity contribution is 5.83. The highest BCUT2D eigenvalue weighted by atomic mass is 16.2. The second kappa shape index (κ2) is 9.93. The van der Waals surface area contributed by atoms with Gasteiger partial charge in [-0.15, -0.1) is 0 Å². The van der Waals surface area contributed by atoms with Gasteiger partial charge in [0.25, 0.3) is 0 Å². The van der Waals surface area contributed by atoms with E-state index in [1.807, 2.05) is 18.2 Å². The summed E-state index contributed by atoms with van der Waals surface area (Å²) in [5, 5.41) is 3.27. The first-order valence-electron chi connectivity index (χ1n) is 9.75. The first-order valence-corrected chi connectivity index (χ1v) is 9.75. The third kappa shape index (κ3) is 6.44. The van der Waals surface area contributed by atoms with E-state index in [0.717, 1.165) is 44.1 Å². The van der Waals surface area contributed by atoms with E-state index in [2.05, 4.69) is 55.1 Å². The maximum atomic E-state index is 13.1. The molecule has 2 unspecified atom stereocenters. The molecule has 0 spiro atoms. The van der Waals surface area contributed by atoms with Crippen LogP contribution >= 0.6 is 0 Å². The van der Waals surface area contributed by atoms with Gasteiger partial charge in [-0.1, -0.05) is 57.0 Å². The molecule has 140 valence electrons. The van der Waals surface area contributed by atoms with Crippen molar-refractivity contribution in [2.24, 2.45) is 5.92 Å². The van der Waals surface area contributed by atoms with E-state index in [-0.39, 0.29) is 18.0 Å². The molecule has 1 fully saturated rings. The summed E-state index contributed by atoms with van der Waals surface area (Å²) in [5.41, 5.74) is 1.10. The summed E-state index contributed by atoms with van der Waals surface area (Å²) in [6.45, 7) is 10.5. The summed E-state index contributed by atoms with van der Waals surface area (Å²) in [7, 11) is 2.14. The quantitative estimate of drug-likeness (QED) is 0.785. The second-order valence-electron chi connectivity index (χ2n) is 7.89. The number of nitrogens with one attached hydrogen (secondary N) is 1. The molecule has 0 bridgehead atoms. The van der Waals surface area contributed by atoms with Crippen molar-refractivity contribution in [2.75, 3.05) is 33.2 Å². The van der Waals surface area contributed by atoms with Crippen LogP contribution in [0.4, 0.5) is 0 Å². The average molecular weight is 346 g/mol. The minimum atomic E-state index is -0.178. The van der Waals surface area contributed by atoms with Crippen LogP contribution in [0.2, 0.25) is 0 Å². The van der Waals surface area contributed by atoms with Crippen LogP contribution in [-0.2, 0) is 4.79 Å². The Bertz CT molecular complexity index is 509. The summed E-state index contributed by atoms with van der Waals surface area (Å²) < 4.78 is 0. The fourth-order valence-electron chi connectivity index (χ4n) is 3.47. The third-order valence-electron chi connectivity index (χ3n) is 5.07. The number of benzene rings is 1. The Labute approximate surface area is 153 Å². The van der Waals surface area contributed by atoms with Crippen LogP contribution in [0.1, 0.15) is 51.6 Å². The molecule has 2 rings (SSSR count). The summed E-state index contributed by atoms with van der Waals surface area (Å²) >= 11 is 0. The molecule has 25 heavy (non-hydrogen) atoms. The minimum absolute atomic E-state index is 0.146. The van der Waals surface area contributed by atoms with Crippen LogP contribution in [0.3, 0.4) is 0 Å². The van der Waals surface area contributed by atoms with E-state index in [4.69, 9.17) is 0 Å². The van der Waals surface area contributed by atoms with Gasteiger partial charge < -0.3 is 10.2 Å². The fourth-order valence-corrected chi connectivity index (χ4v) is 3.47. The lowest BCUT2D eigenvalue weighted by molar-refractivity contribution is -0.128. The van der Waals surface area contributed by atoms with Gasteiger partial charge in [0.05, 0.1) is 0 Å². The molecule has 1 heterocycles. The summed E-state index contributed by atoms with van der Waals surface area (Å²) in [4.78, 5) is 17.7. The minimum Gasteiger partial charge on any atom is -0.352 e. The zero-order chi connectivity index (χ0) is 18.2. The molecule has 1 N–H and O–H groups in total. The van der Waals surface area contributed by atoms with Gasteiger partial charge in [0.1, 0.15) is 6.04 Å². The number of nitrogens with zero attached hydrogens (tertiary/aromatic N) is 2. The number of rotatable bonds is 8. The normalized spacial score (nSPS) is 18.9. The van der Waals surface area contributed by atoms with Gasteiger partial charge in [-0.2, -0.15) is 0 Å². The Kier molecular flexibility index (Phi) is 7.91. The summed E-state index contributed by atoms with van der Waals surface area (Å²) in [5.74, 6) is 0.873. The topological polar surface area (TPSA) is 35.6 Å². The number of carbonyl (C=O) groups is 1. The van der Waals surface area contributed by atoms with Gasteiger partial charge in [0.2, 0.25) is 5.91 Å². The second-order valence-corrected chi connectivity index (χ2v) is 7.89. The van der Waals surface area contributed by atoms with E-state index < -0.39 is 0 Å². The Hall–Kier alpha value is -1.39. The molecule has 4 heteroatoms. The number of hydrogen-bond acceptors (Lipinski definition) is 3. The van der Waals surface area contributed by atoms with Crippen LogP contribution in [0, 0.1) is 5.92 Å². The molecule has 1 aromatic carbocycles. The average Bonchev–Trinajstić information content (AvgIpc) is 2.57. The van der Waals surface area contributed by atoms with Crippen molar-refractivity contribution in [3.63, 3.8) is 0 Å². The van der Waals surface area contributed by atoms with E-state index in [0.29, 0.717) is 0 Å². The molecule has 2 atom stereocenters. The number of likely N-dealkylation sites (N-methyl/N-ethyl adjacent to an activating group) is 1. The van der Waals surface area contributed by atoms with Gasteiger partial charge in [-0.25, -0.2) is 0 Å². The van der Waals surface area contributed by atoms with E-state index in [1.54, 1.807) is 0 Å². The molecule has 1 aliphatic rings. The largest absolute Gasteiger partial charge is 0.352 e. The molecular weight excluding hydrogens is 310 g/mol. The van der Waals surface area contributed by atoms with Gasteiger partial charge in [0.15, 0.2) is 0 Å². The summed E-state index contributed by atoms with van der Waals surface area (Å²) in [6.07, 6.45) is 3.44. The molecule has 0 aliphatic carbocycles. The molecule has 0 saturated carbocycles. The zero-order valence-corrected chi connectivity index (χ0v) is 16.4. The lowest BCUT2D eigenvalue weighted by atomic mass is 10.0. The van der Waals surface area contributed by atoms with Crippen molar-refractivity contribution >= 4 is 5.91 Å². The van der Waals surface area contributed by atoms with Crippen molar-refractivity contribution in [3.8, 4) is 0 Å². The fraction of sp³-hybridized carbons (Fsp3) is 0.667. The van der Waals surface area contributed by atoms with Crippen LogP contribution < -0.4 is 5.32 Å². The number of amides is 1. The van der Waals surface area contributed by atoms with Gasteiger partial charge >= 0.3 is 0 Å². The van der Waals surface area contributed by atoms with E-state index in [1.165, 1.54) is 12.8 Å². The molecule has 1 amide bonds. The zero-order valence-electron chi connectivity index (χ0n) is 16.4. The Balaban J connectivity index is 2.00. The van der Waals surface area contributed by atoms with Crippen molar-refractivity contribution in [3.05, 3.63) is 35.9 Å². The first-order chi connectivity index (χ1) is 12.0. The number of carbonyl (C=O) groups excluding carboxylic acids is 1. The van der Waals surface area contributed by atoms with E-state index >= 15 is 0 Å². The van der Waals surface area contributed by atoms with E-state index in [9.17, 15) is 4.79 Å².